The van der Waals surface area contributed by atoms with Crippen molar-refractivity contribution in [1.29, 1.82) is 0 Å². The van der Waals surface area contributed by atoms with Gasteiger partial charge in [0, 0.05) is 5.56 Å². The highest BCUT2D eigenvalue weighted by atomic mass is 19.1. The van der Waals surface area contributed by atoms with Crippen LogP contribution in [0, 0.1) is 11.7 Å². The number of hydrogen-bond donors (Lipinski definition) is 2. The standard InChI is InChI=1S/C13H17FN2O2/c1-3-8(2)11(12(15)17)16-13(18)9-4-6-10(14)7-5-9/h4-8,11H,3H2,1-2H3,(H2,15,17)(H,16,18)/t8-,11+/m1/s1. The highest BCUT2D eigenvalue weighted by molar-refractivity contribution is 5.97. The highest BCUT2D eigenvalue weighted by Gasteiger charge is 2.23. The molecule has 0 radical (unpaired) electrons. The third-order valence-electron chi connectivity index (χ3n) is 2.91. The van der Waals surface area contributed by atoms with Crippen LogP contribution in [0.5, 0.6) is 0 Å². The lowest BCUT2D eigenvalue weighted by Crippen LogP contribution is -2.48. The molecule has 0 aromatic heterocycles. The summed E-state index contributed by atoms with van der Waals surface area (Å²) in [6, 6.07) is 4.39. The number of carbonyl (C=O) groups is 2. The minimum absolute atomic E-state index is 0.0492. The summed E-state index contributed by atoms with van der Waals surface area (Å²) < 4.78 is 12.7. The Hall–Kier alpha value is -1.91. The van der Waals surface area contributed by atoms with E-state index in [9.17, 15) is 14.0 Å². The SMILES string of the molecule is CC[C@@H](C)[C@H](NC(=O)c1ccc(F)cc1)C(N)=O. The van der Waals surface area contributed by atoms with Crippen molar-refractivity contribution in [3.8, 4) is 0 Å². The van der Waals surface area contributed by atoms with E-state index in [0.29, 0.717) is 5.56 Å². The maximum absolute atomic E-state index is 12.7. The van der Waals surface area contributed by atoms with E-state index in [1.165, 1.54) is 24.3 Å². The molecule has 0 saturated heterocycles. The molecular formula is C13H17FN2O2. The third kappa shape index (κ3) is 3.55. The lowest BCUT2D eigenvalue weighted by molar-refractivity contribution is -0.120. The molecule has 0 saturated carbocycles. The van der Waals surface area contributed by atoms with Crippen molar-refractivity contribution in [2.75, 3.05) is 0 Å². The Kier molecular flexibility index (Phi) is 4.83. The van der Waals surface area contributed by atoms with Crippen molar-refractivity contribution in [2.24, 2.45) is 11.7 Å². The summed E-state index contributed by atoms with van der Waals surface area (Å²) in [5, 5.41) is 2.57. The number of benzene rings is 1. The smallest absolute Gasteiger partial charge is 0.251 e. The fourth-order valence-electron chi connectivity index (χ4n) is 1.56. The van der Waals surface area contributed by atoms with Gasteiger partial charge in [-0.2, -0.15) is 0 Å². The first kappa shape index (κ1) is 14.2. The Morgan fingerprint density at radius 1 is 1.33 bits per heavy atom. The molecule has 0 aliphatic heterocycles. The summed E-state index contributed by atoms with van der Waals surface area (Å²) in [7, 11) is 0. The van der Waals surface area contributed by atoms with Gasteiger partial charge in [-0.25, -0.2) is 4.39 Å². The number of amides is 2. The van der Waals surface area contributed by atoms with Crippen molar-refractivity contribution in [3.05, 3.63) is 35.6 Å². The van der Waals surface area contributed by atoms with E-state index in [1.807, 2.05) is 13.8 Å². The summed E-state index contributed by atoms with van der Waals surface area (Å²) in [6.45, 7) is 3.74. The molecule has 1 rings (SSSR count). The van der Waals surface area contributed by atoms with Crippen LogP contribution in [0.2, 0.25) is 0 Å². The van der Waals surface area contributed by atoms with E-state index in [0.717, 1.165) is 6.42 Å². The van der Waals surface area contributed by atoms with Gasteiger partial charge in [-0.05, 0) is 30.2 Å². The first-order valence-corrected chi connectivity index (χ1v) is 5.81. The molecule has 0 aliphatic rings. The molecular weight excluding hydrogens is 235 g/mol. The zero-order chi connectivity index (χ0) is 13.7. The quantitative estimate of drug-likeness (QED) is 0.832. The van der Waals surface area contributed by atoms with Crippen molar-refractivity contribution in [1.82, 2.24) is 5.32 Å². The summed E-state index contributed by atoms with van der Waals surface area (Å²) >= 11 is 0. The number of nitrogens with two attached hydrogens (primary N) is 1. The van der Waals surface area contributed by atoms with Crippen LogP contribution in [-0.4, -0.2) is 17.9 Å². The van der Waals surface area contributed by atoms with E-state index in [1.54, 1.807) is 0 Å². The fourth-order valence-corrected chi connectivity index (χ4v) is 1.56. The molecule has 0 fully saturated rings. The number of rotatable bonds is 5. The van der Waals surface area contributed by atoms with Gasteiger partial charge in [-0.15, -0.1) is 0 Å². The lowest BCUT2D eigenvalue weighted by atomic mass is 9.98. The van der Waals surface area contributed by atoms with Crippen LogP contribution in [0.3, 0.4) is 0 Å². The van der Waals surface area contributed by atoms with Crippen LogP contribution in [0.4, 0.5) is 4.39 Å². The van der Waals surface area contributed by atoms with Crippen molar-refractivity contribution < 1.29 is 14.0 Å². The third-order valence-corrected chi connectivity index (χ3v) is 2.91. The number of hydrogen-bond acceptors (Lipinski definition) is 2. The molecule has 1 aromatic carbocycles. The highest BCUT2D eigenvalue weighted by Crippen LogP contribution is 2.09. The van der Waals surface area contributed by atoms with E-state index in [4.69, 9.17) is 5.73 Å². The second-order valence-electron chi connectivity index (χ2n) is 4.25. The molecule has 0 unspecified atom stereocenters. The molecule has 1 aromatic rings. The van der Waals surface area contributed by atoms with Gasteiger partial charge >= 0.3 is 0 Å². The lowest BCUT2D eigenvalue weighted by Gasteiger charge is -2.21. The zero-order valence-corrected chi connectivity index (χ0v) is 10.4. The van der Waals surface area contributed by atoms with E-state index in [2.05, 4.69) is 5.32 Å². The summed E-state index contributed by atoms with van der Waals surface area (Å²) in [5.74, 6) is -1.47. The topological polar surface area (TPSA) is 72.2 Å². The normalized spacial score (nSPS) is 13.7. The number of halogens is 1. The molecule has 5 heteroatoms. The van der Waals surface area contributed by atoms with Gasteiger partial charge in [-0.1, -0.05) is 20.3 Å². The van der Waals surface area contributed by atoms with Crippen LogP contribution in [-0.2, 0) is 4.79 Å². The molecule has 4 nitrogen and oxygen atoms in total. The van der Waals surface area contributed by atoms with Crippen LogP contribution >= 0.6 is 0 Å². The minimum atomic E-state index is -0.715. The number of nitrogens with one attached hydrogen (secondary N) is 1. The second-order valence-corrected chi connectivity index (χ2v) is 4.25. The van der Waals surface area contributed by atoms with Crippen molar-refractivity contribution in [2.45, 2.75) is 26.3 Å². The molecule has 18 heavy (non-hydrogen) atoms. The predicted octanol–water partition coefficient (Wildman–Crippen LogP) is 1.46. The minimum Gasteiger partial charge on any atom is -0.368 e. The Balaban J connectivity index is 2.78. The van der Waals surface area contributed by atoms with Crippen LogP contribution in [0.25, 0.3) is 0 Å². The van der Waals surface area contributed by atoms with Gasteiger partial charge < -0.3 is 11.1 Å². The molecule has 0 spiro atoms. The molecule has 98 valence electrons. The molecule has 0 bridgehead atoms. The molecule has 2 atom stereocenters. The average Bonchev–Trinajstić information content (AvgIpc) is 2.35. The first-order chi connectivity index (χ1) is 8.45. The summed E-state index contributed by atoms with van der Waals surface area (Å²) in [5.41, 5.74) is 5.55. The van der Waals surface area contributed by atoms with Crippen LogP contribution in [0.15, 0.2) is 24.3 Å². The summed E-state index contributed by atoms with van der Waals surface area (Å²) in [4.78, 5) is 23.1. The van der Waals surface area contributed by atoms with Gasteiger partial charge in [0.1, 0.15) is 11.9 Å². The predicted molar refractivity (Wildman–Crippen MR) is 66.3 cm³/mol. The number of carbonyl (C=O) groups excluding carboxylic acids is 2. The second kappa shape index (κ2) is 6.14. The Morgan fingerprint density at radius 3 is 2.33 bits per heavy atom. The average molecular weight is 252 g/mol. The van der Waals surface area contributed by atoms with Gasteiger partial charge in [0.2, 0.25) is 5.91 Å². The fraction of sp³-hybridized carbons (Fsp3) is 0.385. The Morgan fingerprint density at radius 2 is 1.89 bits per heavy atom. The van der Waals surface area contributed by atoms with Gasteiger partial charge in [0.25, 0.3) is 5.91 Å². The Bertz CT molecular complexity index is 431. The first-order valence-electron chi connectivity index (χ1n) is 5.81. The maximum Gasteiger partial charge on any atom is 0.251 e. The van der Waals surface area contributed by atoms with Crippen LogP contribution < -0.4 is 11.1 Å². The summed E-state index contributed by atoms with van der Waals surface area (Å²) in [6.07, 6.45) is 0.720. The van der Waals surface area contributed by atoms with Gasteiger partial charge in [0.15, 0.2) is 0 Å². The van der Waals surface area contributed by atoms with Crippen molar-refractivity contribution in [3.63, 3.8) is 0 Å². The van der Waals surface area contributed by atoms with E-state index < -0.39 is 23.7 Å². The van der Waals surface area contributed by atoms with Crippen LogP contribution in [0.1, 0.15) is 30.6 Å². The van der Waals surface area contributed by atoms with Gasteiger partial charge in [-0.3, -0.25) is 9.59 Å². The largest absolute Gasteiger partial charge is 0.368 e. The van der Waals surface area contributed by atoms with Crippen molar-refractivity contribution >= 4 is 11.8 Å². The molecule has 2 amide bonds. The molecule has 3 N–H and O–H groups in total. The monoisotopic (exact) mass is 252 g/mol. The number of primary amides is 1. The maximum atomic E-state index is 12.7. The van der Waals surface area contributed by atoms with E-state index >= 15 is 0 Å². The molecule has 0 heterocycles. The zero-order valence-electron chi connectivity index (χ0n) is 10.4. The molecule has 0 aliphatic carbocycles. The van der Waals surface area contributed by atoms with Gasteiger partial charge in [0.05, 0.1) is 0 Å². The van der Waals surface area contributed by atoms with E-state index in [-0.39, 0.29) is 5.92 Å². The Labute approximate surface area is 105 Å².